The third-order valence-electron chi connectivity index (χ3n) is 5.40. The number of amides is 1. The average molecular weight is 426 g/mol. The van der Waals surface area contributed by atoms with Crippen LogP contribution in [-0.2, 0) is 20.9 Å². The second kappa shape index (κ2) is 12.1. The molecule has 0 heterocycles. The van der Waals surface area contributed by atoms with Crippen LogP contribution in [0.3, 0.4) is 0 Å². The monoisotopic (exact) mass is 425 g/mol. The van der Waals surface area contributed by atoms with Gasteiger partial charge in [-0.3, -0.25) is 9.79 Å². The van der Waals surface area contributed by atoms with Crippen LogP contribution in [0.15, 0.2) is 64.6 Å². The lowest BCUT2D eigenvalue weighted by Gasteiger charge is -2.19. The van der Waals surface area contributed by atoms with Crippen molar-refractivity contribution in [2.24, 2.45) is 16.6 Å². The predicted octanol–water partition coefficient (Wildman–Crippen LogP) is 5.09. The van der Waals surface area contributed by atoms with E-state index in [2.05, 4.69) is 16.9 Å². The number of carbonyl (C=O) groups excluding carboxylic acids is 1. The molecule has 0 spiro atoms. The molecule has 0 aliphatic heterocycles. The van der Waals surface area contributed by atoms with Gasteiger partial charge < -0.3 is 20.5 Å². The van der Waals surface area contributed by atoms with E-state index in [-0.39, 0.29) is 5.91 Å². The topological polar surface area (TPSA) is 85.9 Å². The lowest BCUT2D eigenvalue weighted by Crippen LogP contribution is -2.23. The van der Waals surface area contributed by atoms with Crippen molar-refractivity contribution in [3.05, 3.63) is 65.2 Å². The van der Waals surface area contributed by atoms with Crippen LogP contribution in [-0.4, -0.2) is 25.3 Å². The fraction of sp³-hybridized carbons (Fsp3) is 0.440. The summed E-state index contributed by atoms with van der Waals surface area (Å²) in [6.07, 6.45) is 6.25. The summed E-state index contributed by atoms with van der Waals surface area (Å²) in [5.74, 6) is 0.780. The van der Waals surface area contributed by atoms with Crippen molar-refractivity contribution < 1.29 is 14.3 Å². The van der Waals surface area contributed by atoms with Gasteiger partial charge in [0.05, 0.1) is 18.8 Å². The first-order chi connectivity index (χ1) is 14.9. The molecule has 1 amide bonds. The number of benzene rings is 1. The quantitative estimate of drug-likeness (QED) is 0.237. The molecular weight excluding hydrogens is 390 g/mol. The molecule has 2 rings (SSSR count). The first-order valence-corrected chi connectivity index (χ1v) is 10.7. The van der Waals surface area contributed by atoms with Crippen molar-refractivity contribution in [2.45, 2.75) is 53.1 Å². The van der Waals surface area contributed by atoms with Crippen LogP contribution in [0, 0.1) is 5.92 Å². The maximum atomic E-state index is 13.4. The molecule has 6 nitrogen and oxygen atoms in total. The smallest absolute Gasteiger partial charge is 0.259 e. The molecule has 3 N–H and O–H groups in total. The molecule has 0 radical (unpaired) electrons. The first kappa shape index (κ1) is 24.4. The lowest BCUT2D eigenvalue weighted by molar-refractivity contribution is -0.112. The molecule has 0 unspecified atom stereocenters. The molecule has 1 aliphatic carbocycles. The van der Waals surface area contributed by atoms with Crippen LogP contribution in [0.1, 0.15) is 52.0 Å². The highest BCUT2D eigenvalue weighted by atomic mass is 16.5. The highest BCUT2D eigenvalue weighted by Gasteiger charge is 2.24. The number of rotatable bonds is 10. The Labute approximate surface area is 185 Å². The maximum absolute atomic E-state index is 13.4. The van der Waals surface area contributed by atoms with Crippen molar-refractivity contribution in [3.63, 3.8) is 0 Å². The Morgan fingerprint density at radius 3 is 2.39 bits per heavy atom. The zero-order chi connectivity index (χ0) is 22.8. The van der Waals surface area contributed by atoms with E-state index < -0.39 is 0 Å². The molecule has 1 saturated carbocycles. The fourth-order valence-corrected chi connectivity index (χ4v) is 3.85. The van der Waals surface area contributed by atoms with Crippen molar-refractivity contribution in [3.8, 4) is 0 Å². The number of nitrogens with two attached hydrogens (primary N) is 1. The van der Waals surface area contributed by atoms with Crippen LogP contribution < -0.4 is 11.1 Å². The number of ether oxygens (including phenoxy) is 2. The van der Waals surface area contributed by atoms with Gasteiger partial charge in [-0.25, -0.2) is 0 Å². The molecule has 1 fully saturated rings. The molecule has 1 aliphatic rings. The Balaban J connectivity index is 2.35. The van der Waals surface area contributed by atoms with Crippen molar-refractivity contribution in [1.29, 1.82) is 0 Å². The van der Waals surface area contributed by atoms with E-state index in [1.54, 1.807) is 14.0 Å². The van der Waals surface area contributed by atoms with Gasteiger partial charge in [-0.05, 0) is 57.2 Å². The zero-order valence-corrected chi connectivity index (χ0v) is 19.2. The van der Waals surface area contributed by atoms with Crippen LogP contribution in [0.25, 0.3) is 0 Å². The Hall–Kier alpha value is -2.86. The molecule has 0 aromatic heterocycles. The molecule has 0 saturated heterocycles. The van der Waals surface area contributed by atoms with Crippen molar-refractivity contribution in [1.82, 2.24) is 0 Å². The fourth-order valence-electron chi connectivity index (χ4n) is 3.85. The maximum Gasteiger partial charge on any atom is 0.259 e. The summed E-state index contributed by atoms with van der Waals surface area (Å²) in [6, 6.07) is 7.53. The third-order valence-corrected chi connectivity index (χ3v) is 5.40. The summed E-state index contributed by atoms with van der Waals surface area (Å²) in [5, 5.41) is 2.96. The molecular formula is C25H35N3O3. The van der Waals surface area contributed by atoms with E-state index in [9.17, 15) is 4.79 Å². The zero-order valence-electron chi connectivity index (χ0n) is 19.2. The molecule has 1 aromatic carbocycles. The van der Waals surface area contributed by atoms with Gasteiger partial charge in [0.2, 0.25) is 0 Å². The van der Waals surface area contributed by atoms with Crippen LogP contribution in [0.4, 0.5) is 5.69 Å². The first-order valence-electron chi connectivity index (χ1n) is 10.7. The Bertz CT molecular complexity index is 857. The average Bonchev–Trinajstić information content (AvgIpc) is 3.25. The molecule has 168 valence electrons. The predicted molar refractivity (Wildman–Crippen MR) is 127 cm³/mol. The number of methoxy groups -OCH3 is 1. The standard InChI is InChI=1S/C25H35N3O3/c1-6-27-18(3)23(17(2)26)24(19(4)31-16-20-9-7-8-10-20)25(29)28-22-13-11-21(12-14-22)15-30-5/h6,11-14,20H,1,7-10,15-16,26H2,2-5H3,(H,28,29)/b23-17-,24-19-,27-18?. The van der Waals surface area contributed by atoms with Crippen molar-refractivity contribution in [2.75, 3.05) is 19.0 Å². The highest BCUT2D eigenvalue weighted by Crippen LogP contribution is 2.27. The second-order valence-electron chi connectivity index (χ2n) is 7.93. The lowest BCUT2D eigenvalue weighted by atomic mass is 9.97. The molecule has 0 bridgehead atoms. The Morgan fingerprint density at radius 1 is 1.19 bits per heavy atom. The van der Waals surface area contributed by atoms with E-state index in [0.717, 1.165) is 18.4 Å². The number of hydrogen-bond donors (Lipinski definition) is 2. The number of aliphatic imine (C=N–C) groups is 1. The number of carbonyl (C=O) groups is 1. The second-order valence-corrected chi connectivity index (χ2v) is 7.93. The Morgan fingerprint density at radius 2 is 1.84 bits per heavy atom. The number of hydrogen-bond acceptors (Lipinski definition) is 5. The minimum absolute atomic E-state index is 0.290. The van der Waals surface area contributed by atoms with Crippen LogP contribution in [0.5, 0.6) is 0 Å². The van der Waals surface area contributed by atoms with Crippen LogP contribution >= 0.6 is 0 Å². The highest BCUT2D eigenvalue weighted by molar-refractivity contribution is 6.17. The SMILES string of the molecule is C=CN=C(C)C(/C(C(=O)Nc1ccc(COC)cc1)=C(\C)OCC1CCCC1)=C(\C)N. The minimum Gasteiger partial charge on any atom is -0.497 e. The van der Waals surface area contributed by atoms with Gasteiger partial charge in [0.1, 0.15) is 5.76 Å². The van der Waals surface area contributed by atoms with Gasteiger partial charge in [0.15, 0.2) is 0 Å². The summed E-state index contributed by atoms with van der Waals surface area (Å²) in [6.45, 7) is 10.2. The third kappa shape index (κ3) is 7.10. The summed E-state index contributed by atoms with van der Waals surface area (Å²) in [4.78, 5) is 17.6. The van der Waals surface area contributed by atoms with E-state index >= 15 is 0 Å². The largest absolute Gasteiger partial charge is 0.497 e. The normalized spacial score (nSPS) is 16.5. The number of allylic oxidation sites excluding steroid dienone is 2. The molecule has 1 aromatic rings. The molecule has 6 heteroatoms. The number of anilines is 1. The molecule has 0 atom stereocenters. The summed E-state index contributed by atoms with van der Waals surface area (Å²) < 4.78 is 11.2. The van der Waals surface area contributed by atoms with Gasteiger partial charge >= 0.3 is 0 Å². The van der Waals surface area contributed by atoms with E-state index in [0.29, 0.717) is 53.1 Å². The minimum atomic E-state index is -0.290. The number of nitrogens with zero attached hydrogens (tertiary/aromatic N) is 1. The molecule has 31 heavy (non-hydrogen) atoms. The van der Waals surface area contributed by atoms with Gasteiger partial charge in [0.25, 0.3) is 5.91 Å². The van der Waals surface area contributed by atoms with Crippen LogP contribution in [0.2, 0.25) is 0 Å². The van der Waals surface area contributed by atoms with E-state index in [4.69, 9.17) is 15.2 Å². The van der Waals surface area contributed by atoms with Gasteiger partial charge in [-0.2, -0.15) is 0 Å². The summed E-state index contributed by atoms with van der Waals surface area (Å²) in [7, 11) is 1.65. The number of nitrogens with one attached hydrogen (secondary N) is 1. The Kier molecular flexibility index (Phi) is 9.53. The van der Waals surface area contributed by atoms with E-state index in [1.165, 1.54) is 19.0 Å². The summed E-state index contributed by atoms with van der Waals surface area (Å²) >= 11 is 0. The van der Waals surface area contributed by atoms with E-state index in [1.807, 2.05) is 38.1 Å². The van der Waals surface area contributed by atoms with Gasteiger partial charge in [0, 0.05) is 36.0 Å². The summed E-state index contributed by atoms with van der Waals surface area (Å²) in [5.41, 5.74) is 9.96. The van der Waals surface area contributed by atoms with Gasteiger partial charge in [-0.1, -0.05) is 31.6 Å². The van der Waals surface area contributed by atoms with Gasteiger partial charge in [-0.15, -0.1) is 0 Å². The van der Waals surface area contributed by atoms with Crippen molar-refractivity contribution >= 4 is 17.3 Å².